The van der Waals surface area contributed by atoms with E-state index in [1.54, 1.807) is 11.5 Å². The van der Waals surface area contributed by atoms with E-state index < -0.39 is 126 Å². The van der Waals surface area contributed by atoms with Crippen molar-refractivity contribution in [2.24, 2.45) is 21.6 Å². The van der Waals surface area contributed by atoms with Gasteiger partial charge in [0.1, 0.15) is 29.5 Å². The number of aliphatic imine (C=N–C) groups is 1. The second-order valence-corrected chi connectivity index (χ2v) is 19.9. The number of aromatic nitrogens is 1. The molecule has 0 saturated carbocycles. The van der Waals surface area contributed by atoms with E-state index in [1.807, 2.05) is 22.9 Å². The number of piperazine rings is 1. The quantitative estimate of drug-likeness (QED) is 0.0233. The first-order valence-electron chi connectivity index (χ1n) is 24.6. The SMILES string of the molecule is CCN1C2CCC1CN(c1ccc(C#Cc3ccc(C[C@H](NC(=O)[C@@H](NC(=O)OC)C(C)(C)C(F)(F)F)[C@@H](O)CN(Cc4c(F)cc(C(=C/N)/C=N/C(F)F)cc4F)NC(=O)[C@@H](NC(=O)OC)C(C)(C)C(F)(F)F)cc3)cn1)C2. The molecule has 4 amide bonds. The highest BCUT2D eigenvalue weighted by Crippen LogP contribution is 2.42. The molecule has 7 N–H and O–H groups in total. The Morgan fingerprint density at radius 3 is 1.82 bits per heavy atom. The number of nitrogens with two attached hydrogens (primary N) is 1. The van der Waals surface area contributed by atoms with Gasteiger partial charge in [-0.15, -0.1) is 0 Å². The van der Waals surface area contributed by atoms with Gasteiger partial charge in [-0.25, -0.2) is 33.4 Å². The highest BCUT2D eigenvalue weighted by Gasteiger charge is 2.57. The first-order chi connectivity index (χ1) is 36.9. The number of aliphatic hydroxyl groups excluding tert-OH is 1. The molecular weight excluding hydrogens is 1070 g/mol. The number of carbonyl (C=O) groups excluding carboxylic acids is 4. The van der Waals surface area contributed by atoms with Crippen LogP contribution in [0.25, 0.3) is 5.57 Å². The Morgan fingerprint density at radius 1 is 0.835 bits per heavy atom. The molecule has 0 radical (unpaired) electrons. The largest absolute Gasteiger partial charge is 0.453 e. The number of pyridine rings is 1. The van der Waals surface area contributed by atoms with Crippen LogP contribution in [0, 0.1) is 34.3 Å². The number of hydrazine groups is 1. The number of alkyl halides is 8. The molecule has 1 aromatic heterocycles. The molecule has 17 nitrogen and oxygen atoms in total. The summed E-state index contributed by atoms with van der Waals surface area (Å²) in [5.74, 6) is 0.664. The zero-order chi connectivity index (χ0) is 58.8. The molecule has 2 unspecified atom stereocenters. The van der Waals surface area contributed by atoms with E-state index in [9.17, 15) is 59.4 Å². The third-order valence-electron chi connectivity index (χ3n) is 14.0. The van der Waals surface area contributed by atoms with Crippen LogP contribution in [0.4, 0.5) is 59.3 Å². The van der Waals surface area contributed by atoms with Gasteiger partial charge in [-0.3, -0.25) is 19.9 Å². The summed E-state index contributed by atoms with van der Waals surface area (Å²) in [7, 11) is 1.59. The zero-order valence-corrected chi connectivity index (χ0v) is 44.0. The van der Waals surface area contributed by atoms with Gasteiger partial charge >= 0.3 is 31.1 Å². The van der Waals surface area contributed by atoms with E-state index in [0.29, 0.717) is 80.5 Å². The molecular formula is C52H62F10N10O7. The maximum atomic E-state index is 16.0. The lowest BCUT2D eigenvalue weighted by Crippen LogP contribution is -2.63. The summed E-state index contributed by atoms with van der Waals surface area (Å²) in [6.07, 6.45) is -10.9. The Hall–Kier alpha value is -7.18. The number of amides is 4. The maximum Gasteiger partial charge on any atom is 0.407 e. The van der Waals surface area contributed by atoms with Crippen molar-refractivity contribution < 1.29 is 77.7 Å². The number of aliphatic hydroxyl groups is 1. The fraction of sp³-hybridized carbons (Fsp3) is 0.500. The number of ether oxygens (including phenoxy) is 2. The van der Waals surface area contributed by atoms with Crippen LogP contribution in [0.1, 0.15) is 75.3 Å². The third kappa shape index (κ3) is 15.8. The number of benzene rings is 2. The molecule has 432 valence electrons. The number of nitrogens with one attached hydrogen (secondary N) is 4. The number of halogens is 10. The minimum absolute atomic E-state index is 0.266. The predicted octanol–water partition coefficient (Wildman–Crippen LogP) is 6.57. The van der Waals surface area contributed by atoms with Crippen LogP contribution in [-0.4, -0.2) is 146 Å². The van der Waals surface area contributed by atoms with E-state index in [2.05, 4.69) is 53.3 Å². The van der Waals surface area contributed by atoms with Crippen molar-refractivity contribution in [3.05, 3.63) is 100 Å². The molecule has 5 rings (SSSR count). The summed E-state index contributed by atoms with van der Waals surface area (Å²) in [5, 5.41) is 18.4. The standard InChI is InChI=1S/C52H62F10N10O7/c1-8-72-34-16-17-35(72)26-70(25-34)41-18-15-31(23-64-41)14-11-29-9-12-30(13-10-29)19-39(66-44(74)42(67-47(76)78-6)49(2,3)51(57,58)59)40(73)28-71(69-45(75)43(68-48(77)79-7)50(4,5)52(60,61)62)27-36-37(53)20-32(21-38(36)54)33(22-63)24-65-46(55)56/h9-10,12-13,15,18,20-24,34-35,39-40,42-43,46,73H,8,16-17,19,25-28,63H2,1-7H3,(H,66,74)(H,67,76)(H,68,77)(H,69,75)/b33-22+,65-24+/t34?,35?,39-,40-,42+,43+/m0/s1. The highest BCUT2D eigenvalue weighted by atomic mass is 19.4. The number of hydrogen-bond donors (Lipinski definition) is 6. The summed E-state index contributed by atoms with van der Waals surface area (Å²) in [6.45, 7) is 1.54. The van der Waals surface area contributed by atoms with Crippen LogP contribution < -0.4 is 32.0 Å². The van der Waals surface area contributed by atoms with Gasteiger partial charge in [0, 0.05) is 79.1 Å². The predicted molar refractivity (Wildman–Crippen MR) is 270 cm³/mol. The molecule has 0 spiro atoms. The molecule has 2 aliphatic rings. The number of carbonyl (C=O) groups is 4. The van der Waals surface area contributed by atoms with Crippen molar-refractivity contribution in [1.29, 1.82) is 0 Å². The highest BCUT2D eigenvalue weighted by molar-refractivity contribution is 6.09. The monoisotopic (exact) mass is 1130 g/mol. The van der Waals surface area contributed by atoms with Gasteiger partial charge in [-0.2, -0.15) is 35.1 Å². The fourth-order valence-electron chi connectivity index (χ4n) is 9.03. The molecule has 2 bridgehead atoms. The summed E-state index contributed by atoms with van der Waals surface area (Å²) >= 11 is 0. The molecule has 3 heterocycles. The van der Waals surface area contributed by atoms with Crippen LogP contribution in [0.3, 0.4) is 0 Å². The minimum Gasteiger partial charge on any atom is -0.453 e. The van der Waals surface area contributed by atoms with Gasteiger partial charge in [0.25, 0.3) is 5.91 Å². The fourth-order valence-corrected chi connectivity index (χ4v) is 9.03. The first kappa shape index (κ1) is 62.7. The van der Waals surface area contributed by atoms with Gasteiger partial charge < -0.3 is 41.2 Å². The van der Waals surface area contributed by atoms with Crippen LogP contribution in [0.5, 0.6) is 0 Å². The van der Waals surface area contributed by atoms with Crippen LogP contribution >= 0.6 is 0 Å². The molecule has 2 aromatic carbocycles. The number of fused-ring (bicyclic) bond motifs is 2. The molecule has 79 heavy (non-hydrogen) atoms. The van der Waals surface area contributed by atoms with E-state index >= 15 is 8.78 Å². The number of anilines is 1. The molecule has 27 heteroatoms. The average Bonchev–Trinajstić information content (AvgIpc) is 3.65. The first-order valence-corrected chi connectivity index (χ1v) is 24.6. The lowest BCUT2D eigenvalue weighted by atomic mass is 9.82. The molecule has 3 aromatic rings. The Bertz CT molecular complexity index is 2710. The van der Waals surface area contributed by atoms with Crippen molar-refractivity contribution in [2.45, 2.75) is 116 Å². The number of rotatable bonds is 20. The van der Waals surface area contributed by atoms with Crippen molar-refractivity contribution in [1.82, 2.24) is 36.3 Å². The Balaban J connectivity index is 1.52. The van der Waals surface area contributed by atoms with Crippen LogP contribution in [0.2, 0.25) is 0 Å². The Labute approximate surface area is 449 Å². The van der Waals surface area contributed by atoms with Gasteiger partial charge in [-0.05, 0) is 101 Å². The van der Waals surface area contributed by atoms with Gasteiger partial charge in [-0.1, -0.05) is 30.9 Å². The van der Waals surface area contributed by atoms with Gasteiger partial charge in [0.2, 0.25) is 5.91 Å². The third-order valence-corrected chi connectivity index (χ3v) is 14.0. The van der Waals surface area contributed by atoms with Crippen molar-refractivity contribution in [3.63, 3.8) is 0 Å². The summed E-state index contributed by atoms with van der Waals surface area (Å²) < 4.78 is 154. The summed E-state index contributed by atoms with van der Waals surface area (Å²) in [5.41, 5.74) is 0.841. The Morgan fingerprint density at radius 2 is 1.35 bits per heavy atom. The van der Waals surface area contributed by atoms with E-state index in [1.165, 1.54) is 24.3 Å². The second kappa shape index (κ2) is 26.2. The van der Waals surface area contributed by atoms with Crippen molar-refractivity contribution in [2.75, 3.05) is 45.3 Å². The van der Waals surface area contributed by atoms with Crippen molar-refractivity contribution >= 4 is 41.6 Å². The van der Waals surface area contributed by atoms with E-state index in [-0.39, 0.29) is 5.56 Å². The molecule has 6 atom stereocenters. The lowest BCUT2D eigenvalue weighted by molar-refractivity contribution is -0.221. The number of hydrogen-bond acceptors (Lipinski definition) is 13. The maximum absolute atomic E-state index is 16.0. The number of likely N-dealkylation sites (N-methyl/N-ethyl adjacent to an activating group) is 1. The molecule has 2 aliphatic heterocycles. The van der Waals surface area contributed by atoms with Crippen LogP contribution in [0.15, 0.2) is 65.9 Å². The number of nitrogens with zero attached hydrogens (tertiary/aromatic N) is 5. The van der Waals surface area contributed by atoms with Crippen molar-refractivity contribution in [3.8, 4) is 11.8 Å². The smallest absolute Gasteiger partial charge is 0.407 e. The average molecular weight is 1130 g/mol. The number of alkyl carbamates (subject to hydrolysis) is 2. The normalized spacial score (nSPS) is 17.9. The number of allylic oxidation sites excluding steroid dienone is 1. The number of methoxy groups -OCH3 is 2. The van der Waals surface area contributed by atoms with E-state index in [0.717, 1.165) is 52.5 Å². The van der Waals surface area contributed by atoms with Crippen LogP contribution in [-0.2, 0) is 32.0 Å². The lowest BCUT2D eigenvalue weighted by Gasteiger charge is -2.41. The van der Waals surface area contributed by atoms with Gasteiger partial charge in [0.15, 0.2) is 0 Å². The van der Waals surface area contributed by atoms with Gasteiger partial charge in [0.05, 0.1) is 37.2 Å². The minimum atomic E-state index is -5.24. The molecule has 2 saturated heterocycles. The second-order valence-electron chi connectivity index (χ2n) is 19.9. The molecule has 2 fully saturated rings. The zero-order valence-electron chi connectivity index (χ0n) is 44.0. The summed E-state index contributed by atoms with van der Waals surface area (Å²) in [6, 6.07) is 5.07. The Kier molecular flexibility index (Phi) is 20.8. The van der Waals surface area contributed by atoms with E-state index in [4.69, 9.17) is 5.73 Å². The topological polar surface area (TPSA) is 216 Å². The summed E-state index contributed by atoms with van der Waals surface area (Å²) in [4.78, 5) is 65.0. The molecule has 0 aliphatic carbocycles.